The van der Waals surface area contributed by atoms with Crippen LogP contribution in [0.25, 0.3) is 28.2 Å². The summed E-state index contributed by atoms with van der Waals surface area (Å²) in [4.78, 5) is 16.3. The van der Waals surface area contributed by atoms with Crippen molar-refractivity contribution in [2.24, 2.45) is 0 Å². The number of aliphatic hydroxyl groups excluding tert-OH is 2. The first-order chi connectivity index (χ1) is 16.2. The maximum atomic E-state index is 13.7. The molecule has 2 heterocycles. The number of fused-ring (bicyclic) bond motifs is 1. The fourth-order valence-corrected chi connectivity index (χ4v) is 3.98. The van der Waals surface area contributed by atoms with Crippen LogP contribution >= 0.6 is 0 Å². The number of nitrogens with zero attached hydrogens (tertiary/aromatic N) is 2. The molecular weight excluding hydrogens is 435 g/mol. The molecule has 0 bridgehead atoms. The van der Waals surface area contributed by atoms with Gasteiger partial charge >= 0.3 is 5.97 Å². The maximum absolute atomic E-state index is 13.7. The molecule has 34 heavy (non-hydrogen) atoms. The number of allylic oxidation sites excluding steroid dienone is 1. The van der Waals surface area contributed by atoms with Crippen molar-refractivity contribution in [3.63, 3.8) is 0 Å². The number of esters is 1. The second-order valence-corrected chi connectivity index (χ2v) is 8.54. The topological polar surface area (TPSA) is 84.6 Å². The molecule has 0 amide bonds. The van der Waals surface area contributed by atoms with E-state index in [0.717, 1.165) is 33.4 Å². The average Bonchev–Trinajstić information content (AvgIpc) is 3.19. The molecule has 0 aliphatic carbocycles. The molecule has 2 aromatic heterocycles. The van der Waals surface area contributed by atoms with Crippen molar-refractivity contribution in [2.75, 3.05) is 7.11 Å². The number of aliphatic hydroxyl groups is 2. The Morgan fingerprint density at radius 3 is 2.56 bits per heavy atom. The molecule has 6 nitrogen and oxygen atoms in total. The normalized spacial score (nSPS) is 13.5. The number of ether oxygens (including phenoxy) is 1. The van der Waals surface area contributed by atoms with Crippen LogP contribution in [0.3, 0.4) is 0 Å². The van der Waals surface area contributed by atoms with E-state index in [2.05, 4.69) is 11.3 Å². The summed E-state index contributed by atoms with van der Waals surface area (Å²) in [6.07, 6.45) is 4.91. The molecule has 2 atom stereocenters. The fourth-order valence-electron chi connectivity index (χ4n) is 3.98. The Morgan fingerprint density at radius 2 is 1.94 bits per heavy atom. The van der Waals surface area contributed by atoms with Crippen LogP contribution in [-0.2, 0) is 16.1 Å². The Labute approximate surface area is 199 Å². The van der Waals surface area contributed by atoms with Gasteiger partial charge in [0, 0.05) is 35.7 Å². The van der Waals surface area contributed by atoms with Gasteiger partial charge in [0.15, 0.2) is 0 Å². The molecule has 0 aliphatic heterocycles. The molecule has 7 heteroatoms. The quantitative estimate of drug-likeness (QED) is 0.330. The molecule has 2 N–H and O–H groups in total. The van der Waals surface area contributed by atoms with Crippen LogP contribution in [0.1, 0.15) is 43.9 Å². The molecular formula is C27H31FN2O4. The van der Waals surface area contributed by atoms with Gasteiger partial charge in [0.2, 0.25) is 0 Å². The molecule has 0 spiro atoms. The van der Waals surface area contributed by atoms with E-state index in [1.807, 2.05) is 30.7 Å². The highest BCUT2D eigenvalue weighted by Gasteiger charge is 2.20. The van der Waals surface area contributed by atoms with Gasteiger partial charge in [-0.05, 0) is 29.7 Å². The van der Waals surface area contributed by atoms with E-state index in [9.17, 15) is 19.4 Å². The van der Waals surface area contributed by atoms with Gasteiger partial charge in [0.25, 0.3) is 0 Å². The van der Waals surface area contributed by atoms with Crippen molar-refractivity contribution < 1.29 is 24.1 Å². The van der Waals surface area contributed by atoms with Crippen molar-refractivity contribution in [1.82, 2.24) is 9.55 Å². The fraction of sp³-hybridized carbons (Fsp3) is 0.333. The number of benzene rings is 1. The van der Waals surface area contributed by atoms with Gasteiger partial charge in [-0.1, -0.05) is 44.2 Å². The number of aromatic nitrogens is 2. The average molecular weight is 467 g/mol. The Kier molecular flexibility index (Phi) is 8.36. The molecule has 0 aliphatic rings. The monoisotopic (exact) mass is 466 g/mol. The second-order valence-electron chi connectivity index (χ2n) is 8.54. The summed E-state index contributed by atoms with van der Waals surface area (Å²) in [5, 5.41) is 21.5. The zero-order chi connectivity index (χ0) is 24.8. The second kappa shape index (κ2) is 11.2. The predicted molar refractivity (Wildman–Crippen MR) is 132 cm³/mol. The van der Waals surface area contributed by atoms with E-state index in [0.29, 0.717) is 6.54 Å². The van der Waals surface area contributed by atoms with Gasteiger partial charge < -0.3 is 19.5 Å². The van der Waals surface area contributed by atoms with Crippen LogP contribution in [0.4, 0.5) is 4.39 Å². The lowest BCUT2D eigenvalue weighted by atomic mass is 9.91. The minimum Gasteiger partial charge on any atom is -0.469 e. The van der Waals surface area contributed by atoms with Crippen molar-refractivity contribution >= 4 is 23.1 Å². The molecule has 1 aromatic carbocycles. The Bertz CT molecular complexity index is 1180. The summed E-state index contributed by atoms with van der Waals surface area (Å²) in [5.74, 6) is -0.796. The van der Waals surface area contributed by atoms with E-state index >= 15 is 0 Å². The lowest BCUT2D eigenvalue weighted by Gasteiger charge is -2.18. The van der Waals surface area contributed by atoms with E-state index in [1.165, 1.54) is 19.2 Å². The zero-order valence-corrected chi connectivity index (χ0v) is 19.7. The van der Waals surface area contributed by atoms with Crippen LogP contribution in [0.15, 0.2) is 55.3 Å². The molecule has 2 unspecified atom stereocenters. The number of hydrogen-bond donors (Lipinski definition) is 2. The highest BCUT2D eigenvalue weighted by Crippen LogP contribution is 2.37. The van der Waals surface area contributed by atoms with Crippen molar-refractivity contribution in [2.45, 2.75) is 51.4 Å². The smallest absolute Gasteiger partial charge is 0.308 e. The lowest BCUT2D eigenvalue weighted by molar-refractivity contribution is -0.143. The van der Waals surface area contributed by atoms with Crippen molar-refractivity contribution in [3.8, 4) is 11.1 Å². The molecule has 3 rings (SSSR count). The molecule has 0 radical (unpaired) electrons. The first-order valence-electron chi connectivity index (χ1n) is 11.3. The standard InChI is InChI=1S/C27H31FN2O4/c1-5-13-30-14-12-23-25(18-6-8-19(28)9-7-18)22(26(17(2)3)29-27(23)30)11-10-20(31)15-21(32)16-24(33)34-4/h5-12,14,17,20-21,31-32H,1,13,15-16H2,2-4H3. The Hall–Kier alpha value is -3.29. The van der Waals surface area contributed by atoms with E-state index in [-0.39, 0.29) is 24.6 Å². The molecule has 0 fully saturated rings. The van der Waals surface area contributed by atoms with Gasteiger partial charge in [-0.15, -0.1) is 6.58 Å². The van der Waals surface area contributed by atoms with Crippen LogP contribution < -0.4 is 0 Å². The molecule has 0 saturated heterocycles. The summed E-state index contributed by atoms with van der Waals surface area (Å²) in [5.41, 5.74) is 4.15. The van der Waals surface area contributed by atoms with E-state index < -0.39 is 18.2 Å². The minimum atomic E-state index is -1.03. The molecule has 0 saturated carbocycles. The third-order valence-electron chi connectivity index (χ3n) is 5.61. The summed E-state index contributed by atoms with van der Waals surface area (Å²) < 4.78 is 20.3. The lowest BCUT2D eigenvalue weighted by Crippen LogP contribution is -2.20. The van der Waals surface area contributed by atoms with Crippen LogP contribution in [0, 0.1) is 5.82 Å². The first-order valence-corrected chi connectivity index (χ1v) is 11.3. The number of hydrogen-bond acceptors (Lipinski definition) is 5. The SMILES string of the molecule is C=CCn1ccc2c(-c3ccc(F)cc3)c(C=CC(O)CC(O)CC(=O)OC)c(C(C)C)nc21. The molecule has 3 aromatic rings. The maximum Gasteiger partial charge on any atom is 0.308 e. The Morgan fingerprint density at radius 1 is 1.24 bits per heavy atom. The van der Waals surface area contributed by atoms with Gasteiger partial charge in [-0.3, -0.25) is 4.79 Å². The largest absolute Gasteiger partial charge is 0.469 e. The summed E-state index contributed by atoms with van der Waals surface area (Å²) in [6, 6.07) is 8.27. The van der Waals surface area contributed by atoms with E-state index in [4.69, 9.17) is 4.98 Å². The first kappa shape index (κ1) is 25.3. The highest BCUT2D eigenvalue weighted by atomic mass is 19.1. The predicted octanol–water partition coefficient (Wildman–Crippen LogP) is 4.84. The highest BCUT2D eigenvalue weighted by molar-refractivity contribution is 5.98. The Balaban J connectivity index is 2.11. The van der Waals surface area contributed by atoms with Gasteiger partial charge in [0.05, 0.1) is 31.4 Å². The van der Waals surface area contributed by atoms with E-state index in [1.54, 1.807) is 30.4 Å². The summed E-state index contributed by atoms with van der Waals surface area (Å²) >= 11 is 0. The number of methoxy groups -OCH3 is 1. The third kappa shape index (κ3) is 5.79. The van der Waals surface area contributed by atoms with Gasteiger partial charge in [-0.2, -0.15) is 0 Å². The van der Waals surface area contributed by atoms with Gasteiger partial charge in [0.1, 0.15) is 11.5 Å². The number of halogens is 1. The zero-order valence-electron chi connectivity index (χ0n) is 19.7. The minimum absolute atomic E-state index is 0.0140. The van der Waals surface area contributed by atoms with Crippen molar-refractivity contribution in [3.05, 3.63) is 72.3 Å². The van der Waals surface area contributed by atoms with Crippen LogP contribution in [0.2, 0.25) is 0 Å². The van der Waals surface area contributed by atoms with Crippen LogP contribution in [-0.4, -0.2) is 45.1 Å². The summed E-state index contributed by atoms with van der Waals surface area (Å²) in [6.45, 7) is 8.50. The number of rotatable bonds is 10. The number of pyridine rings is 1. The third-order valence-corrected chi connectivity index (χ3v) is 5.61. The van der Waals surface area contributed by atoms with Crippen LogP contribution in [0.5, 0.6) is 0 Å². The van der Waals surface area contributed by atoms with Gasteiger partial charge in [-0.25, -0.2) is 9.37 Å². The summed E-state index contributed by atoms with van der Waals surface area (Å²) in [7, 11) is 1.25. The molecule has 180 valence electrons. The van der Waals surface area contributed by atoms with Crippen molar-refractivity contribution in [1.29, 1.82) is 0 Å². The number of carbonyl (C=O) groups is 1. The number of carbonyl (C=O) groups excluding carboxylic acids is 1.